The summed E-state index contributed by atoms with van der Waals surface area (Å²) in [5.41, 5.74) is 1.43. The normalized spacial score (nSPS) is 11.9. The Labute approximate surface area is 193 Å². The Hall–Kier alpha value is -2.43. The van der Waals surface area contributed by atoms with Crippen LogP contribution >= 0.6 is 34.7 Å². The Balaban J connectivity index is 1.61. The molecule has 0 saturated carbocycles. The molecule has 1 atom stereocenters. The van der Waals surface area contributed by atoms with Crippen LogP contribution in [0.5, 0.6) is 0 Å². The highest BCUT2D eigenvalue weighted by Gasteiger charge is 2.21. The number of aromatic nitrogens is 4. The molecule has 0 bridgehead atoms. The number of nitrogens with one attached hydrogen (secondary N) is 2. The number of halogens is 1. The molecule has 3 aromatic rings. The van der Waals surface area contributed by atoms with Crippen LogP contribution < -0.4 is 10.6 Å². The molecule has 2 heterocycles. The summed E-state index contributed by atoms with van der Waals surface area (Å²) in [6.45, 7) is 8.49. The Kier molecular flexibility index (Phi) is 7.69. The number of rotatable bonds is 8. The van der Waals surface area contributed by atoms with Crippen LogP contribution in [0.3, 0.4) is 0 Å². The zero-order chi connectivity index (χ0) is 22.5. The van der Waals surface area contributed by atoms with E-state index >= 15 is 0 Å². The minimum Gasteiger partial charge on any atom is -0.345 e. The molecule has 0 spiro atoms. The van der Waals surface area contributed by atoms with E-state index < -0.39 is 5.25 Å². The number of nitrogens with zero attached hydrogens (tertiary/aromatic N) is 4. The van der Waals surface area contributed by atoms with Crippen LogP contribution in [0.4, 0.5) is 5.13 Å². The smallest absolute Gasteiger partial charge is 0.251 e. The number of thiazole rings is 1. The fourth-order valence-electron chi connectivity index (χ4n) is 2.66. The van der Waals surface area contributed by atoms with Crippen molar-refractivity contribution in [3.8, 4) is 0 Å². The minimum atomic E-state index is -0.393. The number of anilines is 1. The van der Waals surface area contributed by atoms with E-state index in [2.05, 4.69) is 25.8 Å². The molecule has 0 aliphatic heterocycles. The van der Waals surface area contributed by atoms with Crippen LogP contribution in [0, 0.1) is 13.8 Å². The summed E-state index contributed by atoms with van der Waals surface area (Å²) in [5.74, 6) is 0.242. The second-order valence-corrected chi connectivity index (χ2v) is 9.69. The average molecular weight is 479 g/mol. The fourth-order valence-corrected chi connectivity index (χ4v) is 4.54. The maximum Gasteiger partial charge on any atom is 0.251 e. The molecule has 2 aromatic heterocycles. The van der Waals surface area contributed by atoms with Crippen LogP contribution in [0.15, 0.2) is 29.4 Å². The SMILES string of the molecule is CCn1c(CNC(=O)c2ccc(Cl)cc2)nnc1S[C@H](C)C(=O)Nc1nc(C)c(C)s1. The largest absolute Gasteiger partial charge is 0.345 e. The van der Waals surface area contributed by atoms with E-state index in [1.807, 2.05) is 32.3 Å². The fraction of sp³-hybridized carbons (Fsp3) is 0.350. The number of benzene rings is 1. The first-order valence-electron chi connectivity index (χ1n) is 9.65. The van der Waals surface area contributed by atoms with Crippen LogP contribution in [0.2, 0.25) is 5.02 Å². The summed E-state index contributed by atoms with van der Waals surface area (Å²) in [6.07, 6.45) is 0. The number of carbonyl (C=O) groups is 2. The van der Waals surface area contributed by atoms with E-state index in [0.29, 0.717) is 33.2 Å². The molecule has 0 fully saturated rings. The van der Waals surface area contributed by atoms with Gasteiger partial charge in [0.15, 0.2) is 16.1 Å². The summed E-state index contributed by atoms with van der Waals surface area (Å²) >= 11 is 8.63. The van der Waals surface area contributed by atoms with Gasteiger partial charge in [0.05, 0.1) is 17.5 Å². The van der Waals surface area contributed by atoms with Crippen molar-refractivity contribution in [2.45, 2.75) is 51.2 Å². The molecule has 2 amide bonds. The number of hydrogen-bond acceptors (Lipinski definition) is 7. The Morgan fingerprint density at radius 3 is 2.55 bits per heavy atom. The Bertz CT molecular complexity index is 1060. The molecule has 164 valence electrons. The van der Waals surface area contributed by atoms with Crippen LogP contribution in [-0.2, 0) is 17.9 Å². The van der Waals surface area contributed by atoms with Crippen molar-refractivity contribution in [1.29, 1.82) is 0 Å². The van der Waals surface area contributed by atoms with Gasteiger partial charge in [-0.05, 0) is 52.0 Å². The first-order chi connectivity index (χ1) is 14.8. The molecule has 1 aromatic carbocycles. The van der Waals surface area contributed by atoms with Gasteiger partial charge in [-0.3, -0.25) is 9.59 Å². The first-order valence-corrected chi connectivity index (χ1v) is 11.7. The molecule has 0 aliphatic carbocycles. The molecule has 0 unspecified atom stereocenters. The lowest BCUT2D eigenvalue weighted by Gasteiger charge is -2.12. The van der Waals surface area contributed by atoms with E-state index in [4.69, 9.17) is 11.6 Å². The lowest BCUT2D eigenvalue weighted by atomic mass is 10.2. The Morgan fingerprint density at radius 2 is 1.94 bits per heavy atom. The third kappa shape index (κ3) is 5.84. The summed E-state index contributed by atoms with van der Waals surface area (Å²) in [4.78, 5) is 30.3. The number of amides is 2. The van der Waals surface area contributed by atoms with Gasteiger partial charge >= 0.3 is 0 Å². The third-order valence-corrected chi connectivity index (χ3v) is 6.85. The number of thioether (sulfide) groups is 1. The lowest BCUT2D eigenvalue weighted by Crippen LogP contribution is -2.25. The predicted molar refractivity (Wildman–Crippen MR) is 124 cm³/mol. The van der Waals surface area contributed by atoms with Gasteiger partial charge in [-0.1, -0.05) is 23.4 Å². The van der Waals surface area contributed by atoms with E-state index in [1.165, 1.54) is 23.1 Å². The molecule has 0 aliphatic rings. The molecular formula is C20H23ClN6O2S2. The lowest BCUT2D eigenvalue weighted by molar-refractivity contribution is -0.115. The summed E-state index contributed by atoms with van der Waals surface area (Å²) in [7, 11) is 0. The molecular weight excluding hydrogens is 456 g/mol. The zero-order valence-electron chi connectivity index (χ0n) is 17.6. The summed E-state index contributed by atoms with van der Waals surface area (Å²) in [5, 5.41) is 15.5. The molecule has 0 radical (unpaired) electrons. The maximum absolute atomic E-state index is 12.6. The van der Waals surface area contributed by atoms with Gasteiger partial charge in [0.1, 0.15) is 0 Å². The van der Waals surface area contributed by atoms with E-state index in [9.17, 15) is 9.59 Å². The monoisotopic (exact) mass is 478 g/mol. The van der Waals surface area contributed by atoms with Crippen LogP contribution in [0.25, 0.3) is 0 Å². The number of aryl methyl sites for hydroxylation is 2. The van der Waals surface area contributed by atoms with Crippen molar-refractivity contribution in [2.75, 3.05) is 5.32 Å². The Morgan fingerprint density at radius 1 is 1.23 bits per heavy atom. The summed E-state index contributed by atoms with van der Waals surface area (Å²) < 4.78 is 1.88. The number of hydrogen-bond donors (Lipinski definition) is 2. The second-order valence-electron chi connectivity index (χ2n) is 6.74. The third-order valence-electron chi connectivity index (χ3n) is 4.53. The summed E-state index contributed by atoms with van der Waals surface area (Å²) in [6, 6.07) is 6.66. The van der Waals surface area contributed by atoms with Gasteiger partial charge in [-0.25, -0.2) is 4.98 Å². The van der Waals surface area contributed by atoms with Crippen molar-refractivity contribution >= 4 is 51.6 Å². The van der Waals surface area contributed by atoms with Gasteiger partial charge < -0.3 is 15.2 Å². The van der Waals surface area contributed by atoms with E-state index in [0.717, 1.165) is 10.6 Å². The van der Waals surface area contributed by atoms with Crippen molar-refractivity contribution < 1.29 is 9.59 Å². The van der Waals surface area contributed by atoms with Gasteiger partial charge in [0.25, 0.3) is 5.91 Å². The van der Waals surface area contributed by atoms with Crippen molar-refractivity contribution in [2.24, 2.45) is 0 Å². The molecule has 31 heavy (non-hydrogen) atoms. The molecule has 8 nitrogen and oxygen atoms in total. The van der Waals surface area contributed by atoms with Crippen molar-refractivity contribution in [3.05, 3.63) is 51.2 Å². The van der Waals surface area contributed by atoms with E-state index in [-0.39, 0.29) is 18.4 Å². The standard InChI is InChI=1S/C20H23ClN6O2S2/c1-5-27-16(10-22-18(29)14-6-8-15(21)9-7-14)25-26-20(27)31-13(4)17(28)24-19-23-11(2)12(3)30-19/h6-9,13H,5,10H2,1-4H3,(H,22,29)(H,23,24,28)/t13-/m1/s1. The quantitative estimate of drug-likeness (QED) is 0.473. The molecule has 11 heteroatoms. The predicted octanol–water partition coefficient (Wildman–Crippen LogP) is 4.07. The van der Waals surface area contributed by atoms with Crippen LogP contribution in [0.1, 0.15) is 40.6 Å². The maximum atomic E-state index is 12.6. The van der Waals surface area contributed by atoms with Crippen molar-refractivity contribution in [3.63, 3.8) is 0 Å². The van der Waals surface area contributed by atoms with Gasteiger partial charge in [0.2, 0.25) is 5.91 Å². The second kappa shape index (κ2) is 10.3. The van der Waals surface area contributed by atoms with Crippen LogP contribution in [-0.4, -0.2) is 36.8 Å². The topological polar surface area (TPSA) is 102 Å². The van der Waals surface area contributed by atoms with Crippen molar-refractivity contribution in [1.82, 2.24) is 25.1 Å². The van der Waals surface area contributed by atoms with Gasteiger partial charge in [0, 0.05) is 22.0 Å². The zero-order valence-corrected chi connectivity index (χ0v) is 20.0. The highest BCUT2D eigenvalue weighted by Crippen LogP contribution is 2.25. The van der Waals surface area contributed by atoms with Gasteiger partial charge in [-0.15, -0.1) is 21.5 Å². The highest BCUT2D eigenvalue weighted by molar-refractivity contribution is 8.00. The highest BCUT2D eigenvalue weighted by atomic mass is 35.5. The first kappa shape index (κ1) is 23.2. The minimum absolute atomic E-state index is 0.151. The average Bonchev–Trinajstić information content (AvgIpc) is 3.27. The number of carbonyl (C=O) groups excluding carboxylic acids is 2. The van der Waals surface area contributed by atoms with Gasteiger partial charge in [-0.2, -0.15) is 0 Å². The van der Waals surface area contributed by atoms with E-state index in [1.54, 1.807) is 24.3 Å². The molecule has 2 N–H and O–H groups in total. The molecule has 0 saturated heterocycles. The molecule has 3 rings (SSSR count).